The van der Waals surface area contributed by atoms with E-state index in [1.807, 2.05) is 0 Å². The van der Waals surface area contributed by atoms with E-state index < -0.39 is 5.91 Å². The van der Waals surface area contributed by atoms with Gasteiger partial charge in [0, 0.05) is 31.9 Å². The lowest BCUT2D eigenvalue weighted by atomic mass is 10.00. The smallest absolute Gasteiger partial charge is 0.286 e. The van der Waals surface area contributed by atoms with Gasteiger partial charge in [0.05, 0.1) is 7.11 Å². The van der Waals surface area contributed by atoms with Crippen LogP contribution in [0.15, 0.2) is 48.5 Å². The van der Waals surface area contributed by atoms with Crippen molar-refractivity contribution >= 4 is 28.8 Å². The van der Waals surface area contributed by atoms with Crippen LogP contribution < -0.4 is 15.4 Å². The number of amides is 2. The first-order chi connectivity index (χ1) is 15.6. The normalized spacial score (nSPS) is 13.3. The second-order valence-corrected chi connectivity index (χ2v) is 8.48. The van der Waals surface area contributed by atoms with Crippen molar-refractivity contribution in [2.75, 3.05) is 32.1 Å². The van der Waals surface area contributed by atoms with E-state index >= 15 is 0 Å². The van der Waals surface area contributed by atoms with Gasteiger partial charge in [0.1, 0.15) is 5.75 Å². The van der Waals surface area contributed by atoms with E-state index in [9.17, 15) is 9.59 Å². The van der Waals surface area contributed by atoms with Crippen LogP contribution in [0.1, 0.15) is 37.2 Å². The third-order valence-electron chi connectivity index (χ3n) is 5.31. The van der Waals surface area contributed by atoms with Crippen molar-refractivity contribution in [3.05, 3.63) is 69.7 Å². The maximum Gasteiger partial charge on any atom is 0.286 e. The summed E-state index contributed by atoms with van der Waals surface area (Å²) in [5.41, 5.74) is 3.43. The molecule has 0 aliphatic carbocycles. The summed E-state index contributed by atoms with van der Waals surface area (Å²) in [6.45, 7) is 3.45. The molecule has 3 aromatic rings. The Morgan fingerprint density at radius 2 is 1.75 bits per heavy atom. The molecule has 0 atom stereocenters. The summed E-state index contributed by atoms with van der Waals surface area (Å²) in [5.74, 6) is -0.0185. The number of benzene rings is 2. The molecule has 8 nitrogen and oxygen atoms in total. The molecule has 0 fully saturated rings. The molecule has 4 rings (SSSR count). The second-order valence-electron chi connectivity index (χ2n) is 7.50. The number of anilines is 1. The van der Waals surface area contributed by atoms with E-state index in [1.165, 1.54) is 11.1 Å². The molecule has 0 spiro atoms. The summed E-state index contributed by atoms with van der Waals surface area (Å²) in [4.78, 5) is 27.1. The average molecular weight is 452 g/mol. The lowest BCUT2D eigenvalue weighted by molar-refractivity contribution is 0.0949. The Balaban J connectivity index is 1.21. The molecule has 0 saturated heterocycles. The number of carbonyl (C=O) groups is 2. The molecule has 0 unspecified atom stereocenters. The van der Waals surface area contributed by atoms with Gasteiger partial charge in [-0.3, -0.25) is 14.5 Å². The van der Waals surface area contributed by atoms with Crippen LogP contribution in [0.4, 0.5) is 5.69 Å². The highest BCUT2D eigenvalue weighted by molar-refractivity contribution is 7.15. The van der Waals surface area contributed by atoms with Crippen molar-refractivity contribution in [1.29, 1.82) is 0 Å². The van der Waals surface area contributed by atoms with Gasteiger partial charge in [-0.2, -0.15) is 0 Å². The van der Waals surface area contributed by atoms with Gasteiger partial charge >= 0.3 is 0 Å². The molecule has 2 amide bonds. The zero-order valence-electron chi connectivity index (χ0n) is 17.8. The Bertz CT molecular complexity index is 1080. The van der Waals surface area contributed by atoms with E-state index in [0.717, 1.165) is 43.8 Å². The highest BCUT2D eigenvalue weighted by Crippen LogP contribution is 2.19. The Morgan fingerprint density at radius 1 is 1.03 bits per heavy atom. The number of hydrogen-bond donors (Lipinski definition) is 2. The number of carbonyl (C=O) groups excluding carboxylic acids is 2. The standard InChI is InChI=1S/C23H25N5O3S/c1-31-19-9-7-18(8-10-19)25-21(30)23-27-26-22(32-23)20(29)24-12-4-13-28-14-11-16-5-2-3-6-17(16)15-28/h2-3,5-10H,4,11-15H2,1H3,(H,24,29)(H,25,30). The predicted octanol–water partition coefficient (Wildman–Crippen LogP) is 2.98. The monoisotopic (exact) mass is 451 g/mol. The molecule has 1 aliphatic rings. The van der Waals surface area contributed by atoms with Crippen molar-refractivity contribution in [1.82, 2.24) is 20.4 Å². The fourth-order valence-corrected chi connectivity index (χ4v) is 4.25. The SMILES string of the molecule is COc1ccc(NC(=O)c2nnc(C(=O)NCCCN3CCc4ccccc4C3)s2)cc1. The first kappa shape index (κ1) is 21.9. The highest BCUT2D eigenvalue weighted by Gasteiger charge is 2.18. The molecule has 0 saturated carbocycles. The number of aromatic nitrogens is 2. The number of nitrogens with one attached hydrogen (secondary N) is 2. The molecule has 2 N–H and O–H groups in total. The van der Waals surface area contributed by atoms with Crippen LogP contribution in [0, 0.1) is 0 Å². The quantitative estimate of drug-likeness (QED) is 0.511. The van der Waals surface area contributed by atoms with Gasteiger partial charge in [0.2, 0.25) is 10.0 Å². The Kier molecular flexibility index (Phi) is 7.08. The molecule has 2 aromatic carbocycles. The third kappa shape index (κ3) is 5.49. The molecule has 2 heterocycles. The number of nitrogens with zero attached hydrogens (tertiary/aromatic N) is 3. The van der Waals surface area contributed by atoms with Gasteiger partial charge in [0.15, 0.2) is 0 Å². The van der Waals surface area contributed by atoms with Gasteiger partial charge < -0.3 is 15.4 Å². The Hall–Kier alpha value is -3.30. The Morgan fingerprint density at radius 3 is 2.50 bits per heavy atom. The lowest BCUT2D eigenvalue weighted by Crippen LogP contribution is -2.33. The summed E-state index contributed by atoms with van der Waals surface area (Å²) < 4.78 is 5.10. The Labute approximate surface area is 190 Å². The number of methoxy groups -OCH3 is 1. The number of ether oxygens (including phenoxy) is 1. The molecule has 32 heavy (non-hydrogen) atoms. The van der Waals surface area contributed by atoms with Crippen molar-refractivity contribution in [2.45, 2.75) is 19.4 Å². The van der Waals surface area contributed by atoms with Gasteiger partial charge in [-0.15, -0.1) is 10.2 Å². The van der Waals surface area contributed by atoms with Crippen molar-refractivity contribution < 1.29 is 14.3 Å². The fraction of sp³-hybridized carbons (Fsp3) is 0.304. The molecule has 9 heteroatoms. The van der Waals surface area contributed by atoms with Crippen molar-refractivity contribution in [2.24, 2.45) is 0 Å². The summed E-state index contributed by atoms with van der Waals surface area (Å²) in [5, 5.41) is 13.6. The molecular weight excluding hydrogens is 426 g/mol. The van der Waals surface area contributed by atoms with Crippen LogP contribution in [-0.4, -0.2) is 53.7 Å². The molecule has 0 bridgehead atoms. The van der Waals surface area contributed by atoms with E-state index in [4.69, 9.17) is 4.74 Å². The minimum absolute atomic E-state index is 0.137. The zero-order valence-corrected chi connectivity index (χ0v) is 18.7. The van der Waals surface area contributed by atoms with Gasteiger partial charge in [-0.05, 0) is 48.2 Å². The van der Waals surface area contributed by atoms with Crippen LogP contribution in [0.25, 0.3) is 0 Å². The third-order valence-corrected chi connectivity index (χ3v) is 6.23. The lowest BCUT2D eigenvalue weighted by Gasteiger charge is -2.28. The summed E-state index contributed by atoms with van der Waals surface area (Å²) in [7, 11) is 1.58. The maximum absolute atomic E-state index is 12.4. The van der Waals surface area contributed by atoms with Crippen LogP contribution >= 0.6 is 11.3 Å². The number of hydrogen-bond acceptors (Lipinski definition) is 7. The first-order valence-corrected chi connectivity index (χ1v) is 11.3. The van der Waals surface area contributed by atoms with E-state index in [-0.39, 0.29) is 15.9 Å². The molecular formula is C23H25N5O3S. The largest absolute Gasteiger partial charge is 0.497 e. The molecule has 1 aliphatic heterocycles. The highest BCUT2D eigenvalue weighted by atomic mass is 32.1. The van der Waals surface area contributed by atoms with Crippen LogP contribution in [0.3, 0.4) is 0 Å². The van der Waals surface area contributed by atoms with E-state index in [2.05, 4.69) is 50.0 Å². The van der Waals surface area contributed by atoms with Crippen LogP contribution in [-0.2, 0) is 13.0 Å². The number of fused-ring (bicyclic) bond motifs is 1. The average Bonchev–Trinajstić information content (AvgIpc) is 3.33. The van der Waals surface area contributed by atoms with Gasteiger partial charge in [0.25, 0.3) is 11.8 Å². The van der Waals surface area contributed by atoms with Crippen molar-refractivity contribution in [3.8, 4) is 5.75 Å². The van der Waals surface area contributed by atoms with Gasteiger partial charge in [-0.1, -0.05) is 35.6 Å². The molecule has 1 aromatic heterocycles. The van der Waals surface area contributed by atoms with Crippen molar-refractivity contribution in [3.63, 3.8) is 0 Å². The van der Waals surface area contributed by atoms with Crippen LogP contribution in [0.5, 0.6) is 5.75 Å². The van der Waals surface area contributed by atoms with Crippen LogP contribution in [0.2, 0.25) is 0 Å². The minimum Gasteiger partial charge on any atom is -0.497 e. The minimum atomic E-state index is -0.405. The topological polar surface area (TPSA) is 96.5 Å². The van der Waals surface area contributed by atoms with Gasteiger partial charge in [-0.25, -0.2) is 0 Å². The second kappa shape index (κ2) is 10.3. The summed E-state index contributed by atoms with van der Waals surface area (Å²) in [6.07, 6.45) is 1.91. The molecule has 0 radical (unpaired) electrons. The fourth-order valence-electron chi connectivity index (χ4n) is 3.59. The number of rotatable bonds is 8. The molecule has 166 valence electrons. The maximum atomic E-state index is 12.4. The predicted molar refractivity (Wildman–Crippen MR) is 123 cm³/mol. The zero-order chi connectivity index (χ0) is 22.3. The summed E-state index contributed by atoms with van der Waals surface area (Å²) >= 11 is 0.973. The van der Waals surface area contributed by atoms with E-state index in [0.29, 0.717) is 18.0 Å². The summed E-state index contributed by atoms with van der Waals surface area (Å²) in [6, 6.07) is 15.5. The first-order valence-electron chi connectivity index (χ1n) is 10.5. The van der Waals surface area contributed by atoms with E-state index in [1.54, 1.807) is 31.4 Å².